The number of carbonyl (C=O) groups is 1. The first-order chi connectivity index (χ1) is 17.0. The number of fused-ring (bicyclic) bond motifs is 1. The molecule has 5 rings (SSSR count). The third-order valence-electron chi connectivity index (χ3n) is 5.33. The average Bonchev–Trinajstić information content (AvgIpc) is 2.88. The average molecular weight is 471 g/mol. The van der Waals surface area contributed by atoms with Crippen LogP contribution in [0.4, 0.5) is 13.2 Å². The Morgan fingerprint density at radius 3 is 2.57 bits per heavy atom. The Kier molecular flexibility index (Phi) is 5.93. The zero-order valence-corrected chi connectivity index (χ0v) is 18.1. The van der Waals surface area contributed by atoms with Crippen LogP contribution in [0.15, 0.2) is 85.3 Å². The molecule has 0 saturated heterocycles. The largest absolute Gasteiger partial charge is 0.486 e. The van der Waals surface area contributed by atoms with Gasteiger partial charge in [0, 0.05) is 23.5 Å². The Hall–Kier alpha value is -4.59. The van der Waals surface area contributed by atoms with Gasteiger partial charge in [-0.2, -0.15) is 0 Å². The van der Waals surface area contributed by atoms with Crippen molar-refractivity contribution in [2.75, 3.05) is 0 Å². The first-order valence-corrected chi connectivity index (χ1v) is 10.6. The Morgan fingerprint density at radius 2 is 1.77 bits per heavy atom. The van der Waals surface area contributed by atoms with E-state index in [1.807, 2.05) is 6.07 Å². The lowest BCUT2D eigenvalue weighted by molar-refractivity contribution is 0.103. The van der Waals surface area contributed by atoms with Crippen molar-refractivity contribution in [2.24, 2.45) is 0 Å². The minimum atomic E-state index is -1.14. The van der Waals surface area contributed by atoms with Crippen molar-refractivity contribution in [3.05, 3.63) is 119 Å². The molecule has 35 heavy (non-hydrogen) atoms. The Balaban J connectivity index is 1.47. The molecule has 0 radical (unpaired) electrons. The van der Waals surface area contributed by atoms with Gasteiger partial charge in [-0.25, -0.2) is 18.2 Å². The lowest BCUT2D eigenvalue weighted by atomic mass is 10.0. The molecule has 0 spiro atoms. The van der Waals surface area contributed by atoms with Crippen LogP contribution in [0.5, 0.6) is 5.75 Å². The molecule has 0 saturated carbocycles. The smallest absolute Gasteiger partial charge is 0.199 e. The van der Waals surface area contributed by atoms with E-state index >= 15 is 4.39 Å². The molecular weight excluding hydrogens is 455 g/mol. The van der Waals surface area contributed by atoms with Crippen LogP contribution < -0.4 is 4.74 Å². The summed E-state index contributed by atoms with van der Waals surface area (Å²) in [6.07, 6.45) is 4.85. The third kappa shape index (κ3) is 4.59. The van der Waals surface area contributed by atoms with E-state index < -0.39 is 28.8 Å². The summed E-state index contributed by atoms with van der Waals surface area (Å²) in [6.45, 7) is -0.156. The zero-order valence-electron chi connectivity index (χ0n) is 18.1. The fraction of sp³-hybridized carbons (Fsp3) is 0.0370. The minimum absolute atomic E-state index is 0.0372. The quantitative estimate of drug-likeness (QED) is 0.288. The molecule has 0 bridgehead atoms. The maximum absolute atomic E-state index is 15.2. The standard InChI is InChI=1S/C27H16F3N3O2/c28-19-5-1-3-16(11-19)15-35-24-9-7-20(29)25(26(24)30)27(34)17-6-8-21-22(12-17)33-23(14-32-21)18-4-2-10-31-13-18/h1-14H,15H2. The number of ketones is 1. The summed E-state index contributed by atoms with van der Waals surface area (Å²) in [7, 11) is 0. The van der Waals surface area contributed by atoms with E-state index in [2.05, 4.69) is 15.0 Å². The lowest BCUT2D eigenvalue weighted by Gasteiger charge is -2.11. The second kappa shape index (κ2) is 9.34. The number of hydrogen-bond acceptors (Lipinski definition) is 5. The van der Waals surface area contributed by atoms with Crippen molar-refractivity contribution >= 4 is 16.8 Å². The van der Waals surface area contributed by atoms with E-state index in [-0.39, 0.29) is 17.9 Å². The second-order valence-electron chi connectivity index (χ2n) is 7.68. The van der Waals surface area contributed by atoms with Crippen LogP contribution in [0.2, 0.25) is 0 Å². The second-order valence-corrected chi connectivity index (χ2v) is 7.68. The Morgan fingerprint density at radius 1 is 0.886 bits per heavy atom. The number of benzene rings is 3. The molecule has 2 aromatic heterocycles. The first-order valence-electron chi connectivity index (χ1n) is 10.6. The van der Waals surface area contributed by atoms with Crippen LogP contribution >= 0.6 is 0 Å². The van der Waals surface area contributed by atoms with Crippen molar-refractivity contribution in [1.82, 2.24) is 15.0 Å². The number of ether oxygens (including phenoxy) is 1. The molecule has 0 aliphatic carbocycles. The van der Waals surface area contributed by atoms with Crippen molar-refractivity contribution in [3.8, 4) is 17.0 Å². The van der Waals surface area contributed by atoms with Gasteiger partial charge in [-0.05, 0) is 60.2 Å². The number of halogens is 3. The van der Waals surface area contributed by atoms with Crippen molar-refractivity contribution in [1.29, 1.82) is 0 Å². The van der Waals surface area contributed by atoms with Gasteiger partial charge in [-0.1, -0.05) is 12.1 Å². The van der Waals surface area contributed by atoms with Gasteiger partial charge in [0.2, 0.25) is 0 Å². The van der Waals surface area contributed by atoms with Crippen molar-refractivity contribution in [3.63, 3.8) is 0 Å². The van der Waals surface area contributed by atoms with E-state index in [4.69, 9.17) is 4.74 Å². The van der Waals surface area contributed by atoms with Crippen LogP contribution in [0.1, 0.15) is 21.5 Å². The molecular formula is C27H16F3N3O2. The summed E-state index contributed by atoms with van der Waals surface area (Å²) in [5, 5.41) is 0. The molecule has 3 aromatic carbocycles. The highest BCUT2D eigenvalue weighted by Crippen LogP contribution is 2.27. The fourth-order valence-electron chi connectivity index (χ4n) is 3.59. The number of rotatable bonds is 6. The molecule has 172 valence electrons. The summed E-state index contributed by atoms with van der Waals surface area (Å²) in [5.41, 5.74) is 1.92. The molecule has 0 aliphatic rings. The van der Waals surface area contributed by atoms with Gasteiger partial charge >= 0.3 is 0 Å². The molecule has 0 aliphatic heterocycles. The monoisotopic (exact) mass is 471 g/mol. The third-order valence-corrected chi connectivity index (χ3v) is 5.33. The topological polar surface area (TPSA) is 65.0 Å². The van der Waals surface area contributed by atoms with Gasteiger partial charge in [0.15, 0.2) is 17.3 Å². The predicted molar refractivity (Wildman–Crippen MR) is 123 cm³/mol. The number of hydrogen-bond donors (Lipinski definition) is 0. The van der Waals surface area contributed by atoms with Crippen LogP contribution in [0.25, 0.3) is 22.3 Å². The Labute approximate surface area is 197 Å². The molecule has 0 unspecified atom stereocenters. The van der Waals surface area contributed by atoms with Crippen molar-refractivity contribution in [2.45, 2.75) is 6.61 Å². The van der Waals surface area contributed by atoms with Gasteiger partial charge in [0.1, 0.15) is 18.2 Å². The van der Waals surface area contributed by atoms with Gasteiger partial charge in [-0.3, -0.25) is 14.8 Å². The molecule has 8 heteroatoms. The first kappa shape index (κ1) is 22.2. The SMILES string of the molecule is O=C(c1ccc2ncc(-c3cccnc3)nc2c1)c1c(F)ccc(OCc2cccc(F)c2)c1F. The number of nitrogens with zero attached hydrogens (tertiary/aromatic N) is 3. The highest BCUT2D eigenvalue weighted by molar-refractivity contribution is 6.10. The summed E-state index contributed by atoms with van der Waals surface area (Å²) in [4.78, 5) is 26.0. The molecule has 0 atom stereocenters. The van der Waals surface area contributed by atoms with E-state index in [1.54, 1.807) is 36.8 Å². The number of pyridine rings is 1. The summed E-state index contributed by atoms with van der Waals surface area (Å²) in [6, 6.07) is 15.7. The zero-order chi connectivity index (χ0) is 24.4. The van der Waals surface area contributed by atoms with Gasteiger partial charge < -0.3 is 4.74 Å². The summed E-state index contributed by atoms with van der Waals surface area (Å²) in [5.74, 6) is -3.82. The van der Waals surface area contributed by atoms with Crippen LogP contribution in [-0.2, 0) is 6.61 Å². The lowest BCUT2D eigenvalue weighted by Crippen LogP contribution is -2.10. The molecule has 0 N–H and O–H groups in total. The fourth-order valence-corrected chi connectivity index (χ4v) is 3.59. The molecule has 5 nitrogen and oxygen atoms in total. The highest BCUT2D eigenvalue weighted by Gasteiger charge is 2.23. The summed E-state index contributed by atoms with van der Waals surface area (Å²) < 4.78 is 48.5. The normalized spacial score (nSPS) is 10.9. The maximum Gasteiger partial charge on any atom is 0.199 e. The predicted octanol–water partition coefficient (Wildman–Crippen LogP) is 5.92. The van der Waals surface area contributed by atoms with E-state index in [0.29, 0.717) is 22.3 Å². The minimum Gasteiger partial charge on any atom is -0.486 e. The van der Waals surface area contributed by atoms with Gasteiger partial charge in [0.25, 0.3) is 0 Å². The molecule has 0 fully saturated rings. The van der Waals surface area contributed by atoms with Gasteiger partial charge in [-0.15, -0.1) is 0 Å². The van der Waals surface area contributed by atoms with Crippen LogP contribution in [0.3, 0.4) is 0 Å². The molecule has 0 amide bonds. The van der Waals surface area contributed by atoms with E-state index in [0.717, 1.165) is 17.7 Å². The van der Waals surface area contributed by atoms with Gasteiger partial charge in [0.05, 0.1) is 28.5 Å². The summed E-state index contributed by atoms with van der Waals surface area (Å²) >= 11 is 0. The Bertz CT molecular complexity index is 1560. The molecule has 5 aromatic rings. The van der Waals surface area contributed by atoms with Crippen LogP contribution in [-0.4, -0.2) is 20.7 Å². The number of carbonyl (C=O) groups excluding carboxylic acids is 1. The highest BCUT2D eigenvalue weighted by atomic mass is 19.1. The number of aromatic nitrogens is 3. The van der Waals surface area contributed by atoms with Crippen LogP contribution in [0, 0.1) is 17.5 Å². The maximum atomic E-state index is 15.2. The van der Waals surface area contributed by atoms with E-state index in [9.17, 15) is 13.6 Å². The van der Waals surface area contributed by atoms with Crippen molar-refractivity contribution < 1.29 is 22.7 Å². The van der Waals surface area contributed by atoms with E-state index in [1.165, 1.54) is 30.3 Å². The molecule has 2 heterocycles.